The molecule has 2 heterocycles. The van der Waals surface area contributed by atoms with Crippen LogP contribution in [0.3, 0.4) is 0 Å². The summed E-state index contributed by atoms with van der Waals surface area (Å²) in [5.41, 5.74) is 0. The van der Waals surface area contributed by atoms with E-state index in [9.17, 15) is 4.79 Å². The Balaban J connectivity index is 2.20. The molecule has 2 rings (SSSR count). The lowest BCUT2D eigenvalue weighted by Gasteiger charge is -2.18. The van der Waals surface area contributed by atoms with Crippen LogP contribution in [0.5, 0.6) is 0 Å². The van der Waals surface area contributed by atoms with Gasteiger partial charge in [-0.15, -0.1) is 5.10 Å². The first-order valence-electron chi connectivity index (χ1n) is 5.69. The summed E-state index contributed by atoms with van der Waals surface area (Å²) in [6.45, 7) is 3.53. The summed E-state index contributed by atoms with van der Waals surface area (Å²) in [5.74, 6) is 2.02. The van der Waals surface area contributed by atoms with Crippen molar-refractivity contribution in [1.82, 2.24) is 20.2 Å². The van der Waals surface area contributed by atoms with Gasteiger partial charge in [-0.1, -0.05) is 0 Å². The van der Waals surface area contributed by atoms with Gasteiger partial charge in [0.15, 0.2) is 5.82 Å². The van der Waals surface area contributed by atoms with Gasteiger partial charge in [0, 0.05) is 11.7 Å². The van der Waals surface area contributed by atoms with Gasteiger partial charge >= 0.3 is 5.97 Å². The lowest BCUT2D eigenvalue weighted by atomic mass is 10.0. The zero-order valence-corrected chi connectivity index (χ0v) is 10.7. The first-order valence-corrected chi connectivity index (χ1v) is 6.85. The molecule has 1 aliphatic heterocycles. The summed E-state index contributed by atoms with van der Waals surface area (Å²) in [7, 11) is 0. The highest BCUT2D eigenvalue weighted by Gasteiger charge is 2.29. The zero-order chi connectivity index (χ0) is 12.4. The average molecular weight is 256 g/mol. The molecule has 1 aromatic rings. The van der Waals surface area contributed by atoms with Crippen LogP contribution in [0.2, 0.25) is 0 Å². The monoisotopic (exact) mass is 256 g/mol. The Hall–Kier alpha value is -1.11. The molecule has 0 bridgehead atoms. The first-order chi connectivity index (χ1) is 8.11. The first kappa shape index (κ1) is 12.3. The smallest absolute Gasteiger partial charge is 0.308 e. The van der Waals surface area contributed by atoms with Crippen LogP contribution in [0, 0.1) is 5.92 Å². The molecule has 1 aromatic heterocycles. The number of hydrogen-bond acceptors (Lipinski definition) is 5. The van der Waals surface area contributed by atoms with Crippen molar-refractivity contribution >= 4 is 17.7 Å². The van der Waals surface area contributed by atoms with Crippen LogP contribution >= 0.6 is 11.8 Å². The molecule has 17 heavy (non-hydrogen) atoms. The maximum absolute atomic E-state index is 11.0. The normalized spacial score (nSPS) is 23.5. The van der Waals surface area contributed by atoms with Crippen molar-refractivity contribution in [2.24, 2.45) is 5.92 Å². The third-order valence-corrected chi connectivity index (χ3v) is 4.47. The van der Waals surface area contributed by atoms with Gasteiger partial charge < -0.3 is 5.11 Å². The van der Waals surface area contributed by atoms with Crippen LogP contribution in [0.15, 0.2) is 0 Å². The third-order valence-electron chi connectivity index (χ3n) is 3.31. The SMILES string of the molecule is CC(C(=O)O)C(C)n1nnnc1C1CCSC1. The Morgan fingerprint density at radius 2 is 2.35 bits per heavy atom. The van der Waals surface area contributed by atoms with E-state index < -0.39 is 11.9 Å². The lowest BCUT2D eigenvalue weighted by Crippen LogP contribution is -2.25. The van der Waals surface area contributed by atoms with Crippen molar-refractivity contribution < 1.29 is 9.90 Å². The summed E-state index contributed by atoms with van der Waals surface area (Å²) in [6.07, 6.45) is 1.07. The Morgan fingerprint density at radius 3 is 2.94 bits per heavy atom. The fourth-order valence-corrected chi connectivity index (χ4v) is 3.13. The van der Waals surface area contributed by atoms with Gasteiger partial charge in [-0.05, 0) is 36.4 Å². The molecule has 7 heteroatoms. The Bertz CT molecular complexity index is 403. The second-order valence-corrected chi connectivity index (χ2v) is 5.56. The van der Waals surface area contributed by atoms with Gasteiger partial charge in [0.05, 0.1) is 12.0 Å². The number of hydrogen-bond donors (Lipinski definition) is 1. The van der Waals surface area contributed by atoms with E-state index in [4.69, 9.17) is 5.11 Å². The van der Waals surface area contributed by atoms with Crippen LogP contribution in [0.1, 0.15) is 38.1 Å². The summed E-state index contributed by atoms with van der Waals surface area (Å²) < 4.78 is 1.68. The standard InChI is InChI=1S/C10H16N4O2S/c1-6(10(15)16)7(2)14-9(11-12-13-14)8-3-4-17-5-8/h6-8H,3-5H2,1-2H3,(H,15,16). The fraction of sp³-hybridized carbons (Fsp3) is 0.800. The van der Waals surface area contributed by atoms with Gasteiger partial charge in [-0.3, -0.25) is 4.79 Å². The maximum Gasteiger partial charge on any atom is 0.308 e. The van der Waals surface area contributed by atoms with E-state index in [1.165, 1.54) is 0 Å². The summed E-state index contributed by atoms with van der Waals surface area (Å²) in [5, 5.41) is 20.7. The summed E-state index contributed by atoms with van der Waals surface area (Å²) >= 11 is 1.89. The van der Waals surface area contributed by atoms with E-state index in [0.717, 1.165) is 23.8 Å². The van der Waals surface area contributed by atoms with Crippen LogP contribution < -0.4 is 0 Å². The predicted octanol–water partition coefficient (Wildman–Crippen LogP) is 1.18. The number of nitrogens with zero attached hydrogens (tertiary/aromatic N) is 4. The molecule has 6 nitrogen and oxygen atoms in total. The molecule has 1 N–H and O–H groups in total. The number of carboxylic acids is 1. The van der Waals surface area contributed by atoms with E-state index >= 15 is 0 Å². The molecule has 0 saturated carbocycles. The van der Waals surface area contributed by atoms with E-state index in [2.05, 4.69) is 15.5 Å². The maximum atomic E-state index is 11.0. The Labute approximate surface area is 104 Å². The number of rotatable bonds is 4. The van der Waals surface area contributed by atoms with Gasteiger partial charge in [-0.2, -0.15) is 11.8 Å². The average Bonchev–Trinajstić information content (AvgIpc) is 2.96. The highest BCUT2D eigenvalue weighted by molar-refractivity contribution is 7.99. The molecule has 0 spiro atoms. The van der Waals surface area contributed by atoms with E-state index in [1.54, 1.807) is 11.6 Å². The van der Waals surface area contributed by atoms with Crippen LogP contribution in [-0.4, -0.2) is 42.8 Å². The minimum atomic E-state index is -0.820. The highest BCUT2D eigenvalue weighted by atomic mass is 32.2. The Kier molecular flexibility index (Phi) is 3.66. The molecule has 3 unspecified atom stereocenters. The number of aliphatic carboxylic acids is 1. The van der Waals surface area contributed by atoms with Crippen molar-refractivity contribution in [3.8, 4) is 0 Å². The van der Waals surface area contributed by atoms with Crippen molar-refractivity contribution in [2.75, 3.05) is 11.5 Å². The number of carbonyl (C=O) groups is 1. The molecular formula is C10H16N4O2S. The van der Waals surface area contributed by atoms with Gasteiger partial charge in [-0.25, -0.2) is 4.68 Å². The molecule has 0 aromatic carbocycles. The lowest BCUT2D eigenvalue weighted by molar-refractivity contribution is -0.142. The van der Waals surface area contributed by atoms with Crippen molar-refractivity contribution in [1.29, 1.82) is 0 Å². The molecule has 1 saturated heterocycles. The van der Waals surface area contributed by atoms with Crippen LogP contribution in [0.25, 0.3) is 0 Å². The molecule has 1 fully saturated rings. The molecule has 0 radical (unpaired) electrons. The van der Waals surface area contributed by atoms with E-state index in [1.807, 2.05) is 18.7 Å². The van der Waals surface area contributed by atoms with Crippen LogP contribution in [-0.2, 0) is 4.79 Å². The zero-order valence-electron chi connectivity index (χ0n) is 9.91. The molecule has 1 aliphatic rings. The summed E-state index contributed by atoms with van der Waals surface area (Å²) in [4.78, 5) is 11.0. The number of aromatic nitrogens is 4. The van der Waals surface area contributed by atoms with Gasteiger partial charge in [0.1, 0.15) is 0 Å². The molecule has 0 aliphatic carbocycles. The summed E-state index contributed by atoms with van der Waals surface area (Å²) in [6, 6.07) is -0.219. The second kappa shape index (κ2) is 5.03. The molecule has 3 atom stereocenters. The molecule has 94 valence electrons. The highest BCUT2D eigenvalue weighted by Crippen LogP contribution is 2.32. The van der Waals surface area contributed by atoms with Crippen molar-refractivity contribution in [3.05, 3.63) is 5.82 Å². The van der Waals surface area contributed by atoms with E-state index in [0.29, 0.717) is 5.92 Å². The topological polar surface area (TPSA) is 80.9 Å². The third kappa shape index (κ3) is 2.43. The molecular weight excluding hydrogens is 240 g/mol. The second-order valence-electron chi connectivity index (χ2n) is 4.41. The quantitative estimate of drug-likeness (QED) is 0.871. The largest absolute Gasteiger partial charge is 0.481 e. The predicted molar refractivity (Wildman–Crippen MR) is 64.0 cm³/mol. The number of thioether (sulfide) groups is 1. The van der Waals surface area contributed by atoms with Crippen LogP contribution in [0.4, 0.5) is 0 Å². The van der Waals surface area contributed by atoms with Gasteiger partial charge in [0.25, 0.3) is 0 Å². The van der Waals surface area contributed by atoms with Crippen molar-refractivity contribution in [3.63, 3.8) is 0 Å². The van der Waals surface area contributed by atoms with Crippen molar-refractivity contribution in [2.45, 2.75) is 32.2 Å². The van der Waals surface area contributed by atoms with E-state index in [-0.39, 0.29) is 6.04 Å². The number of carboxylic acid groups (broad SMARTS) is 1. The Morgan fingerprint density at radius 1 is 1.59 bits per heavy atom. The molecule has 0 amide bonds. The van der Waals surface area contributed by atoms with Gasteiger partial charge in [0.2, 0.25) is 0 Å². The minimum Gasteiger partial charge on any atom is -0.481 e. The minimum absolute atomic E-state index is 0.219. The fourth-order valence-electron chi connectivity index (χ4n) is 1.92. The number of tetrazole rings is 1.